The molecule has 0 N–H and O–H groups in total. The number of hydrogen-bond donors (Lipinski definition) is 0. The summed E-state index contributed by atoms with van der Waals surface area (Å²) in [6, 6.07) is 5.82. The van der Waals surface area contributed by atoms with E-state index in [0.717, 1.165) is 32.0 Å². The molecule has 5 aromatic heterocycles. The summed E-state index contributed by atoms with van der Waals surface area (Å²) in [7, 11) is 1.98. The second-order valence-electron chi connectivity index (χ2n) is 6.06. The van der Waals surface area contributed by atoms with Crippen LogP contribution in [0.2, 0.25) is 5.15 Å². The number of hydrogen-bond acceptors (Lipinski definition) is 7. The first kappa shape index (κ1) is 16.9. The molecule has 0 bridgehead atoms. The van der Waals surface area contributed by atoms with Gasteiger partial charge in [0.1, 0.15) is 22.2 Å². The summed E-state index contributed by atoms with van der Waals surface area (Å²) in [5.41, 5.74) is 3.21. The first-order valence-corrected chi connectivity index (χ1v) is 9.55. The standard InChI is InChI=1S/C19H12ClN7S/c1-27-6-3-11-7-13(25-14(15(11)27)18-23-4-2-5-24-18)16-17(20)26-19(28-16)12-8-21-10-22-9-12/h2-10H,1H3. The third kappa shape index (κ3) is 2.83. The molecule has 7 nitrogen and oxygen atoms in total. The molecule has 5 heterocycles. The van der Waals surface area contributed by atoms with Gasteiger partial charge in [0.2, 0.25) is 0 Å². The highest BCUT2D eigenvalue weighted by molar-refractivity contribution is 7.19. The quantitative estimate of drug-likeness (QED) is 0.446. The van der Waals surface area contributed by atoms with Crippen LogP contribution >= 0.6 is 22.9 Å². The van der Waals surface area contributed by atoms with E-state index in [1.807, 2.05) is 29.9 Å². The van der Waals surface area contributed by atoms with Crippen molar-refractivity contribution in [3.05, 3.63) is 60.7 Å². The lowest BCUT2D eigenvalue weighted by molar-refractivity contribution is 0.963. The SMILES string of the molecule is Cn1ccc2cc(-c3sc(-c4cncnc4)nc3Cl)nc(-c3ncccn3)c21. The van der Waals surface area contributed by atoms with Gasteiger partial charge in [-0.2, -0.15) is 0 Å². The summed E-state index contributed by atoms with van der Waals surface area (Å²) in [5.74, 6) is 0.563. The maximum atomic E-state index is 6.47. The molecular formula is C19H12ClN7S. The van der Waals surface area contributed by atoms with Crippen LogP contribution in [0.5, 0.6) is 0 Å². The van der Waals surface area contributed by atoms with Crippen molar-refractivity contribution in [1.82, 2.24) is 34.5 Å². The Morgan fingerprint density at radius 2 is 1.86 bits per heavy atom. The van der Waals surface area contributed by atoms with Crippen LogP contribution in [-0.4, -0.2) is 34.5 Å². The van der Waals surface area contributed by atoms with Gasteiger partial charge in [-0.05, 0) is 18.2 Å². The van der Waals surface area contributed by atoms with Crippen molar-refractivity contribution in [2.24, 2.45) is 7.05 Å². The minimum atomic E-state index is 0.395. The third-order valence-electron chi connectivity index (χ3n) is 4.26. The number of nitrogens with zero attached hydrogens (tertiary/aromatic N) is 7. The lowest BCUT2D eigenvalue weighted by Crippen LogP contribution is -1.97. The molecule has 5 aromatic rings. The third-order valence-corrected chi connectivity index (χ3v) is 5.77. The van der Waals surface area contributed by atoms with Gasteiger partial charge < -0.3 is 4.57 Å². The lowest BCUT2D eigenvalue weighted by atomic mass is 10.2. The van der Waals surface area contributed by atoms with Crippen molar-refractivity contribution in [2.75, 3.05) is 0 Å². The molecule has 0 radical (unpaired) electrons. The molecule has 0 aliphatic rings. The minimum Gasteiger partial charge on any atom is -0.349 e. The Morgan fingerprint density at radius 3 is 2.64 bits per heavy atom. The topological polar surface area (TPSA) is 82.3 Å². The van der Waals surface area contributed by atoms with E-state index >= 15 is 0 Å². The fraction of sp³-hybridized carbons (Fsp3) is 0.0526. The zero-order valence-corrected chi connectivity index (χ0v) is 16.2. The van der Waals surface area contributed by atoms with E-state index in [4.69, 9.17) is 16.6 Å². The van der Waals surface area contributed by atoms with E-state index in [1.165, 1.54) is 17.7 Å². The van der Waals surface area contributed by atoms with Crippen LogP contribution in [0.4, 0.5) is 0 Å². The Bertz CT molecular complexity index is 1280. The Hall–Kier alpha value is -3.23. The molecule has 0 fully saturated rings. The molecule has 0 saturated heterocycles. The van der Waals surface area contributed by atoms with Gasteiger partial charge in [-0.15, -0.1) is 11.3 Å². The lowest BCUT2D eigenvalue weighted by Gasteiger charge is -2.07. The van der Waals surface area contributed by atoms with Gasteiger partial charge >= 0.3 is 0 Å². The molecule has 9 heteroatoms. The van der Waals surface area contributed by atoms with Gasteiger partial charge in [0.05, 0.1) is 16.1 Å². The predicted octanol–water partition coefficient (Wildman–Crippen LogP) is 4.26. The molecule has 136 valence electrons. The number of pyridine rings is 1. The Labute approximate surface area is 168 Å². The summed E-state index contributed by atoms with van der Waals surface area (Å²) in [4.78, 5) is 27.0. The first-order chi connectivity index (χ1) is 13.7. The number of halogens is 1. The van der Waals surface area contributed by atoms with Crippen LogP contribution in [0, 0.1) is 0 Å². The summed E-state index contributed by atoms with van der Waals surface area (Å²) in [6.07, 6.45) is 10.3. The van der Waals surface area contributed by atoms with Crippen LogP contribution in [0.1, 0.15) is 0 Å². The highest BCUT2D eigenvalue weighted by Crippen LogP contribution is 2.39. The van der Waals surface area contributed by atoms with Gasteiger partial charge in [-0.1, -0.05) is 11.6 Å². The van der Waals surface area contributed by atoms with Crippen LogP contribution in [-0.2, 0) is 7.05 Å². The van der Waals surface area contributed by atoms with E-state index in [9.17, 15) is 0 Å². The Morgan fingerprint density at radius 1 is 1.07 bits per heavy atom. The smallest absolute Gasteiger partial charge is 0.180 e. The van der Waals surface area contributed by atoms with Gasteiger partial charge in [0.25, 0.3) is 0 Å². The van der Waals surface area contributed by atoms with Crippen molar-refractivity contribution >= 4 is 33.8 Å². The summed E-state index contributed by atoms with van der Waals surface area (Å²) in [6.45, 7) is 0. The van der Waals surface area contributed by atoms with Crippen LogP contribution in [0.15, 0.2) is 55.5 Å². The largest absolute Gasteiger partial charge is 0.349 e. The molecule has 0 aliphatic heterocycles. The molecule has 28 heavy (non-hydrogen) atoms. The van der Waals surface area contributed by atoms with Crippen LogP contribution in [0.25, 0.3) is 43.6 Å². The first-order valence-electron chi connectivity index (χ1n) is 8.36. The van der Waals surface area contributed by atoms with Gasteiger partial charge in [0, 0.05) is 49.0 Å². The second kappa shape index (κ2) is 6.74. The molecule has 0 saturated carbocycles. The van der Waals surface area contributed by atoms with E-state index in [0.29, 0.717) is 16.7 Å². The van der Waals surface area contributed by atoms with E-state index in [-0.39, 0.29) is 0 Å². The highest BCUT2D eigenvalue weighted by atomic mass is 35.5. The van der Waals surface area contributed by atoms with E-state index in [2.05, 4.69) is 24.9 Å². The molecule has 0 spiro atoms. The van der Waals surface area contributed by atoms with E-state index in [1.54, 1.807) is 30.9 Å². The Kier molecular flexibility index (Phi) is 4.07. The predicted molar refractivity (Wildman–Crippen MR) is 109 cm³/mol. The van der Waals surface area contributed by atoms with Crippen LogP contribution in [0.3, 0.4) is 0 Å². The van der Waals surface area contributed by atoms with E-state index < -0.39 is 0 Å². The molecular weight excluding hydrogens is 394 g/mol. The van der Waals surface area contributed by atoms with Crippen LogP contribution < -0.4 is 0 Å². The summed E-state index contributed by atoms with van der Waals surface area (Å²) < 4.78 is 2.01. The fourth-order valence-corrected chi connectivity index (χ4v) is 4.25. The molecule has 5 rings (SSSR count). The van der Waals surface area contributed by atoms with Gasteiger partial charge in [0.15, 0.2) is 5.82 Å². The number of aromatic nitrogens is 7. The summed E-state index contributed by atoms with van der Waals surface area (Å²) in [5, 5.41) is 2.17. The second-order valence-corrected chi connectivity index (χ2v) is 7.42. The minimum absolute atomic E-state index is 0.395. The molecule has 0 atom stereocenters. The van der Waals surface area contributed by atoms with Crippen molar-refractivity contribution in [3.8, 4) is 32.7 Å². The van der Waals surface area contributed by atoms with Crippen molar-refractivity contribution < 1.29 is 0 Å². The monoisotopic (exact) mass is 405 g/mol. The number of rotatable bonds is 3. The Balaban J connectivity index is 1.72. The zero-order valence-electron chi connectivity index (χ0n) is 14.6. The zero-order chi connectivity index (χ0) is 19.1. The molecule has 0 amide bonds. The van der Waals surface area contributed by atoms with Gasteiger partial charge in [-0.3, -0.25) is 0 Å². The number of thiazole rings is 1. The van der Waals surface area contributed by atoms with Crippen molar-refractivity contribution in [1.29, 1.82) is 0 Å². The molecule has 0 aliphatic carbocycles. The molecule has 0 aromatic carbocycles. The molecule has 0 unspecified atom stereocenters. The average molecular weight is 406 g/mol. The highest BCUT2D eigenvalue weighted by Gasteiger charge is 2.19. The van der Waals surface area contributed by atoms with Crippen molar-refractivity contribution in [2.45, 2.75) is 0 Å². The normalized spacial score (nSPS) is 11.2. The summed E-state index contributed by atoms with van der Waals surface area (Å²) >= 11 is 7.92. The average Bonchev–Trinajstić information content (AvgIpc) is 3.32. The maximum absolute atomic E-state index is 6.47. The van der Waals surface area contributed by atoms with Crippen molar-refractivity contribution in [3.63, 3.8) is 0 Å². The number of aryl methyl sites for hydroxylation is 1. The number of fused-ring (bicyclic) bond motifs is 1. The van der Waals surface area contributed by atoms with Gasteiger partial charge in [-0.25, -0.2) is 29.9 Å². The maximum Gasteiger partial charge on any atom is 0.180 e. The fourth-order valence-electron chi connectivity index (χ4n) is 3.01.